The second kappa shape index (κ2) is 7.90. The van der Waals surface area contributed by atoms with E-state index in [1.165, 1.54) is 77.0 Å². The maximum atomic E-state index is 6.39. The van der Waals surface area contributed by atoms with Crippen molar-refractivity contribution in [3.05, 3.63) is 0 Å². The first-order valence-electron chi connectivity index (χ1n) is 13.0. The molecule has 4 saturated carbocycles. The molecule has 1 nitrogen and oxygen atoms in total. The van der Waals surface area contributed by atoms with Crippen molar-refractivity contribution in [2.24, 2.45) is 58.0 Å². The van der Waals surface area contributed by atoms with E-state index in [2.05, 4.69) is 34.6 Å². The first kappa shape index (κ1) is 21.2. The summed E-state index contributed by atoms with van der Waals surface area (Å²) in [5.41, 5.74) is 7.64. The van der Waals surface area contributed by atoms with Gasteiger partial charge in [-0.05, 0) is 110 Å². The number of hydrogen-bond acceptors (Lipinski definition) is 1. The third-order valence-corrected chi connectivity index (χ3v) is 10.9. The van der Waals surface area contributed by atoms with E-state index < -0.39 is 0 Å². The molecule has 4 unspecified atom stereocenters. The molecule has 0 heterocycles. The summed E-state index contributed by atoms with van der Waals surface area (Å²) in [6.45, 7) is 12.8. The van der Waals surface area contributed by atoms with E-state index >= 15 is 0 Å². The van der Waals surface area contributed by atoms with Gasteiger partial charge in [-0.25, -0.2) is 0 Å². The molecule has 0 aliphatic heterocycles. The number of rotatable bonds is 5. The lowest BCUT2D eigenvalue weighted by Crippen LogP contribution is -2.54. The molecule has 0 aromatic rings. The van der Waals surface area contributed by atoms with Crippen LogP contribution in [0.3, 0.4) is 0 Å². The van der Waals surface area contributed by atoms with Gasteiger partial charge in [0.1, 0.15) is 0 Å². The molecule has 0 saturated heterocycles. The highest BCUT2D eigenvalue weighted by molar-refractivity contribution is 5.09. The Morgan fingerprint density at radius 3 is 2.29 bits per heavy atom. The molecule has 28 heavy (non-hydrogen) atoms. The van der Waals surface area contributed by atoms with Crippen LogP contribution in [0.15, 0.2) is 0 Å². The van der Waals surface area contributed by atoms with E-state index in [0.29, 0.717) is 16.9 Å². The molecular formula is C27H49N. The fraction of sp³-hybridized carbons (Fsp3) is 1.00. The van der Waals surface area contributed by atoms with E-state index in [1.807, 2.05) is 0 Å². The molecule has 4 fully saturated rings. The summed E-state index contributed by atoms with van der Waals surface area (Å²) < 4.78 is 0. The highest BCUT2D eigenvalue weighted by atomic mass is 14.7. The van der Waals surface area contributed by atoms with Gasteiger partial charge >= 0.3 is 0 Å². The Bertz CT molecular complexity index is 540. The summed E-state index contributed by atoms with van der Waals surface area (Å²) in [6.07, 6.45) is 17.5. The number of fused-ring (bicyclic) bond motifs is 5. The Hall–Kier alpha value is -0.0400. The Morgan fingerprint density at radius 2 is 1.54 bits per heavy atom. The summed E-state index contributed by atoms with van der Waals surface area (Å²) in [7, 11) is 0. The van der Waals surface area contributed by atoms with Gasteiger partial charge in [0, 0.05) is 6.04 Å². The molecule has 4 aliphatic carbocycles. The van der Waals surface area contributed by atoms with Crippen LogP contribution in [0, 0.1) is 52.3 Å². The Balaban J connectivity index is 1.46. The third-order valence-electron chi connectivity index (χ3n) is 10.9. The van der Waals surface area contributed by atoms with Crippen molar-refractivity contribution in [3.8, 4) is 0 Å². The minimum Gasteiger partial charge on any atom is -0.328 e. The maximum absolute atomic E-state index is 6.39. The summed E-state index contributed by atoms with van der Waals surface area (Å²) in [5.74, 6) is 6.79. The molecular weight excluding hydrogens is 338 g/mol. The van der Waals surface area contributed by atoms with Crippen LogP contribution < -0.4 is 5.73 Å². The average molecular weight is 388 g/mol. The zero-order valence-electron chi connectivity index (χ0n) is 19.7. The molecule has 0 radical (unpaired) electrons. The standard InChI is InChI=1S/C27H49N/c1-18(2)7-6-8-19(3)23-11-12-24-22-10-9-20-17-21(28)13-15-26(20,4)25(22)14-16-27(23,24)5/h18-25H,6-17,28H2,1-5H3/t19-,20?,21+,22+,23-,24?,25?,26+,27?/m1/s1. The van der Waals surface area contributed by atoms with E-state index in [9.17, 15) is 0 Å². The molecule has 1 heteroatoms. The number of nitrogens with two attached hydrogens (primary N) is 1. The van der Waals surface area contributed by atoms with Crippen LogP contribution >= 0.6 is 0 Å². The predicted octanol–water partition coefficient (Wildman–Crippen LogP) is 7.44. The largest absolute Gasteiger partial charge is 0.328 e. The van der Waals surface area contributed by atoms with Gasteiger partial charge < -0.3 is 5.73 Å². The molecule has 0 amide bonds. The molecule has 0 aromatic heterocycles. The second-order valence-corrected chi connectivity index (χ2v) is 12.7. The van der Waals surface area contributed by atoms with Gasteiger partial charge in [0.15, 0.2) is 0 Å². The Morgan fingerprint density at radius 1 is 0.821 bits per heavy atom. The molecule has 0 bridgehead atoms. The van der Waals surface area contributed by atoms with E-state index in [-0.39, 0.29) is 0 Å². The van der Waals surface area contributed by atoms with Crippen LogP contribution in [0.25, 0.3) is 0 Å². The fourth-order valence-electron chi connectivity index (χ4n) is 9.32. The van der Waals surface area contributed by atoms with Gasteiger partial charge in [0.25, 0.3) is 0 Å². The Kier molecular flexibility index (Phi) is 5.98. The first-order valence-corrected chi connectivity index (χ1v) is 13.0. The molecule has 2 N–H and O–H groups in total. The summed E-state index contributed by atoms with van der Waals surface area (Å²) in [5, 5.41) is 0. The summed E-state index contributed by atoms with van der Waals surface area (Å²) in [6, 6.07) is 0.492. The molecule has 4 rings (SSSR count). The zero-order chi connectivity index (χ0) is 20.1. The van der Waals surface area contributed by atoms with Gasteiger partial charge in [-0.1, -0.05) is 53.9 Å². The highest BCUT2D eigenvalue weighted by Crippen LogP contribution is 2.68. The van der Waals surface area contributed by atoms with Crippen LogP contribution in [0.5, 0.6) is 0 Å². The molecule has 0 spiro atoms. The maximum Gasteiger partial charge on any atom is 0.00418 e. The van der Waals surface area contributed by atoms with Gasteiger partial charge in [-0.3, -0.25) is 0 Å². The van der Waals surface area contributed by atoms with Crippen molar-refractivity contribution in [2.45, 2.75) is 118 Å². The van der Waals surface area contributed by atoms with Crippen LogP contribution in [0.2, 0.25) is 0 Å². The van der Waals surface area contributed by atoms with Crippen molar-refractivity contribution < 1.29 is 0 Å². The van der Waals surface area contributed by atoms with Crippen LogP contribution in [0.1, 0.15) is 112 Å². The second-order valence-electron chi connectivity index (χ2n) is 12.7. The van der Waals surface area contributed by atoms with Crippen LogP contribution in [0.4, 0.5) is 0 Å². The topological polar surface area (TPSA) is 26.0 Å². The normalized spacial score (nSPS) is 49.4. The monoisotopic (exact) mass is 387 g/mol. The first-order chi connectivity index (χ1) is 13.3. The Labute approximate surface area is 176 Å². The van der Waals surface area contributed by atoms with E-state index in [1.54, 1.807) is 0 Å². The van der Waals surface area contributed by atoms with Crippen molar-refractivity contribution in [1.29, 1.82) is 0 Å². The lowest BCUT2D eigenvalue weighted by Gasteiger charge is -2.61. The van der Waals surface area contributed by atoms with Crippen LogP contribution in [-0.2, 0) is 0 Å². The highest BCUT2D eigenvalue weighted by Gasteiger charge is 2.60. The molecule has 0 aromatic carbocycles. The average Bonchev–Trinajstić information content (AvgIpc) is 2.99. The minimum absolute atomic E-state index is 0.492. The quantitative estimate of drug-likeness (QED) is 0.521. The van der Waals surface area contributed by atoms with E-state index in [0.717, 1.165) is 41.4 Å². The van der Waals surface area contributed by atoms with Crippen molar-refractivity contribution >= 4 is 0 Å². The molecule has 162 valence electrons. The summed E-state index contributed by atoms with van der Waals surface area (Å²) in [4.78, 5) is 0. The summed E-state index contributed by atoms with van der Waals surface area (Å²) >= 11 is 0. The molecule has 4 aliphatic rings. The predicted molar refractivity (Wildman–Crippen MR) is 121 cm³/mol. The van der Waals surface area contributed by atoms with Gasteiger partial charge in [0.05, 0.1) is 0 Å². The van der Waals surface area contributed by atoms with Gasteiger partial charge in [-0.15, -0.1) is 0 Å². The van der Waals surface area contributed by atoms with Crippen molar-refractivity contribution in [3.63, 3.8) is 0 Å². The zero-order valence-corrected chi connectivity index (χ0v) is 19.7. The number of hydrogen-bond donors (Lipinski definition) is 1. The van der Waals surface area contributed by atoms with Crippen molar-refractivity contribution in [2.75, 3.05) is 0 Å². The SMILES string of the molecule is CC(C)CCC[C@@H](C)[C@H]1CCC2[C@@H]3CCC4C[C@@H](N)CC[C@]4(C)C3CCC21C. The van der Waals surface area contributed by atoms with E-state index in [4.69, 9.17) is 5.73 Å². The lowest BCUT2D eigenvalue weighted by atomic mass is 9.44. The smallest absolute Gasteiger partial charge is 0.00418 e. The van der Waals surface area contributed by atoms with Crippen LogP contribution in [-0.4, -0.2) is 6.04 Å². The van der Waals surface area contributed by atoms with Crippen molar-refractivity contribution in [1.82, 2.24) is 0 Å². The van der Waals surface area contributed by atoms with Gasteiger partial charge in [-0.2, -0.15) is 0 Å². The lowest BCUT2D eigenvalue weighted by molar-refractivity contribution is -0.116. The minimum atomic E-state index is 0.492. The fourth-order valence-corrected chi connectivity index (χ4v) is 9.32. The van der Waals surface area contributed by atoms with Gasteiger partial charge in [0.2, 0.25) is 0 Å². The molecule has 9 atom stereocenters. The third kappa shape index (κ3) is 3.50.